The highest BCUT2D eigenvalue weighted by atomic mass is 127. The van der Waals surface area contributed by atoms with Crippen LogP contribution in [0.3, 0.4) is 0 Å². The average Bonchev–Trinajstić information content (AvgIpc) is 2.77. The number of hydrogen-bond acceptors (Lipinski definition) is 4. The fraction of sp³-hybridized carbons (Fsp3) is 0.625. The third kappa shape index (κ3) is 7.88. The molecule has 3 rings (SSSR count). The molecule has 0 bridgehead atoms. The number of hydrogen-bond donors (Lipinski definition) is 2. The molecule has 2 aliphatic rings. The van der Waals surface area contributed by atoms with Crippen molar-refractivity contribution in [1.29, 1.82) is 0 Å². The number of piperidine rings is 1. The van der Waals surface area contributed by atoms with Crippen LogP contribution in [0.2, 0.25) is 0 Å². The van der Waals surface area contributed by atoms with Gasteiger partial charge in [0.25, 0.3) is 0 Å². The van der Waals surface area contributed by atoms with Gasteiger partial charge in [-0.3, -0.25) is 9.89 Å². The van der Waals surface area contributed by atoms with Gasteiger partial charge in [0.1, 0.15) is 5.82 Å². The number of likely N-dealkylation sites (tertiary alicyclic amines) is 1. The van der Waals surface area contributed by atoms with Gasteiger partial charge in [0, 0.05) is 65.4 Å². The summed E-state index contributed by atoms with van der Waals surface area (Å²) in [6.45, 7) is 16.7. The second-order valence-electron chi connectivity index (χ2n) is 8.78. The van der Waals surface area contributed by atoms with Crippen molar-refractivity contribution in [3.05, 3.63) is 41.7 Å². The molecule has 0 aliphatic carbocycles. The zero-order valence-electron chi connectivity index (χ0n) is 19.9. The maximum absolute atomic E-state index is 14.8. The molecule has 1 aromatic carbocycles. The van der Waals surface area contributed by atoms with Crippen molar-refractivity contribution in [2.75, 3.05) is 64.3 Å². The van der Waals surface area contributed by atoms with Crippen LogP contribution >= 0.6 is 24.0 Å². The lowest BCUT2D eigenvalue weighted by atomic mass is 10.0. The topological polar surface area (TPSA) is 46.1 Å². The molecule has 0 aromatic heterocycles. The highest BCUT2D eigenvalue weighted by molar-refractivity contribution is 14.0. The van der Waals surface area contributed by atoms with Crippen molar-refractivity contribution in [1.82, 2.24) is 20.4 Å². The van der Waals surface area contributed by atoms with Crippen LogP contribution in [-0.2, 0) is 6.54 Å². The Balaban J connectivity index is 0.00000363. The molecule has 8 heteroatoms. The summed E-state index contributed by atoms with van der Waals surface area (Å²) < 4.78 is 14.8. The van der Waals surface area contributed by atoms with Crippen molar-refractivity contribution < 1.29 is 4.39 Å². The maximum atomic E-state index is 14.8. The van der Waals surface area contributed by atoms with Gasteiger partial charge in [-0.25, -0.2) is 4.39 Å². The smallest absolute Gasteiger partial charge is 0.191 e. The molecule has 0 radical (unpaired) electrons. The summed E-state index contributed by atoms with van der Waals surface area (Å²) in [5.74, 6) is 0.635. The quantitative estimate of drug-likeness (QED) is 0.233. The standard InChI is InChI=1S/C24H39FN6.HI/c1-5-29-12-14-31(15-13-29)23-7-6-20(16-22(23)25)17-27-24(26-4)28-21-8-10-30(11-9-21)18-19(2)3;/h6-7,16,21H,2,5,8-15,17-18H2,1,3-4H3,(H2,26,27,28);1H. The minimum atomic E-state index is -0.142. The normalized spacial score (nSPS) is 18.9. The Morgan fingerprint density at radius 1 is 1.12 bits per heavy atom. The number of likely N-dealkylation sites (N-methyl/N-ethyl adjacent to an activating group) is 1. The van der Waals surface area contributed by atoms with Crippen LogP contribution in [0.4, 0.5) is 10.1 Å². The van der Waals surface area contributed by atoms with Crippen LogP contribution in [0.5, 0.6) is 0 Å². The molecule has 2 fully saturated rings. The zero-order valence-corrected chi connectivity index (χ0v) is 22.2. The second kappa shape index (κ2) is 13.3. The number of aliphatic imine (C=N–C) groups is 1. The van der Waals surface area contributed by atoms with E-state index in [1.54, 1.807) is 13.1 Å². The Kier molecular flexibility index (Phi) is 11.2. The Hall–Kier alpha value is -1.39. The summed E-state index contributed by atoms with van der Waals surface area (Å²) in [5.41, 5.74) is 2.85. The molecule has 0 spiro atoms. The van der Waals surface area contributed by atoms with E-state index < -0.39 is 0 Å². The number of rotatable bonds is 7. The average molecular weight is 559 g/mol. The first-order chi connectivity index (χ1) is 15.0. The molecule has 0 saturated carbocycles. The molecular formula is C24H40FIN6. The zero-order chi connectivity index (χ0) is 22.2. The van der Waals surface area contributed by atoms with Crippen LogP contribution in [0.15, 0.2) is 35.3 Å². The highest BCUT2D eigenvalue weighted by Gasteiger charge is 2.20. The van der Waals surface area contributed by atoms with E-state index in [4.69, 9.17) is 0 Å². The molecule has 0 atom stereocenters. The van der Waals surface area contributed by atoms with Crippen molar-refractivity contribution >= 4 is 35.6 Å². The minimum absolute atomic E-state index is 0. The molecule has 1 aromatic rings. The third-order valence-corrected chi connectivity index (χ3v) is 6.28. The van der Waals surface area contributed by atoms with Crippen molar-refractivity contribution in [2.45, 2.75) is 39.3 Å². The summed E-state index contributed by atoms with van der Waals surface area (Å²) in [6.07, 6.45) is 2.17. The van der Waals surface area contributed by atoms with Crippen molar-refractivity contribution in [3.8, 4) is 0 Å². The number of guanidine groups is 1. The lowest BCUT2D eigenvalue weighted by molar-refractivity contribution is 0.221. The first-order valence-corrected chi connectivity index (χ1v) is 11.6. The lowest BCUT2D eigenvalue weighted by Crippen LogP contribution is -2.48. The second-order valence-corrected chi connectivity index (χ2v) is 8.78. The van der Waals surface area contributed by atoms with Crippen LogP contribution in [0.1, 0.15) is 32.3 Å². The number of halogens is 2. The molecule has 0 amide bonds. The van der Waals surface area contributed by atoms with Crippen molar-refractivity contribution in [2.24, 2.45) is 4.99 Å². The van der Waals surface area contributed by atoms with Crippen LogP contribution in [0, 0.1) is 5.82 Å². The lowest BCUT2D eigenvalue weighted by Gasteiger charge is -2.35. The largest absolute Gasteiger partial charge is 0.367 e. The Morgan fingerprint density at radius 2 is 1.81 bits per heavy atom. The van der Waals surface area contributed by atoms with Crippen LogP contribution in [0.25, 0.3) is 0 Å². The molecule has 2 saturated heterocycles. The van der Waals surface area contributed by atoms with Gasteiger partial charge in [-0.15, -0.1) is 24.0 Å². The van der Waals surface area contributed by atoms with Gasteiger partial charge >= 0.3 is 0 Å². The van der Waals surface area contributed by atoms with E-state index in [2.05, 4.69) is 50.8 Å². The number of anilines is 1. The van der Waals surface area contributed by atoms with E-state index in [1.165, 1.54) is 5.57 Å². The summed E-state index contributed by atoms with van der Waals surface area (Å²) >= 11 is 0. The predicted octanol–water partition coefficient (Wildman–Crippen LogP) is 3.29. The Labute approximate surface area is 210 Å². The first kappa shape index (κ1) is 26.9. The van der Waals surface area contributed by atoms with Gasteiger partial charge in [0.05, 0.1) is 5.69 Å². The van der Waals surface area contributed by atoms with Gasteiger partial charge in [-0.05, 0) is 44.0 Å². The highest BCUT2D eigenvalue weighted by Crippen LogP contribution is 2.22. The number of piperazine rings is 1. The van der Waals surface area contributed by atoms with E-state index in [0.29, 0.717) is 18.3 Å². The summed E-state index contributed by atoms with van der Waals surface area (Å²) in [6, 6.07) is 5.99. The van der Waals surface area contributed by atoms with E-state index in [0.717, 1.165) is 76.7 Å². The van der Waals surface area contributed by atoms with Crippen LogP contribution < -0.4 is 15.5 Å². The number of benzene rings is 1. The fourth-order valence-corrected chi connectivity index (χ4v) is 4.41. The van der Waals surface area contributed by atoms with Crippen LogP contribution in [-0.4, -0.2) is 81.2 Å². The first-order valence-electron chi connectivity index (χ1n) is 11.6. The molecule has 2 N–H and O–H groups in total. The Morgan fingerprint density at radius 3 is 2.38 bits per heavy atom. The minimum Gasteiger partial charge on any atom is -0.367 e. The molecule has 32 heavy (non-hydrogen) atoms. The number of nitrogens with zero attached hydrogens (tertiary/aromatic N) is 4. The summed E-state index contributed by atoms with van der Waals surface area (Å²) in [4.78, 5) is 11.4. The molecule has 6 nitrogen and oxygen atoms in total. The predicted molar refractivity (Wildman–Crippen MR) is 144 cm³/mol. The number of nitrogens with one attached hydrogen (secondary N) is 2. The van der Waals surface area contributed by atoms with Gasteiger partial charge in [0.15, 0.2) is 5.96 Å². The fourth-order valence-electron chi connectivity index (χ4n) is 4.41. The third-order valence-electron chi connectivity index (χ3n) is 6.28. The molecule has 2 heterocycles. The summed E-state index contributed by atoms with van der Waals surface area (Å²) in [7, 11) is 1.78. The molecule has 180 valence electrons. The van der Waals surface area contributed by atoms with Gasteiger partial charge in [-0.1, -0.05) is 25.1 Å². The van der Waals surface area contributed by atoms with E-state index >= 15 is 0 Å². The van der Waals surface area contributed by atoms with Gasteiger partial charge < -0.3 is 20.4 Å². The molecular weight excluding hydrogens is 518 g/mol. The van der Waals surface area contributed by atoms with Gasteiger partial charge in [0.2, 0.25) is 0 Å². The SMILES string of the molecule is C=C(C)CN1CCC(NC(=NC)NCc2ccc(N3CCN(CC)CC3)c(F)c2)CC1.I. The van der Waals surface area contributed by atoms with E-state index in [9.17, 15) is 4.39 Å². The van der Waals surface area contributed by atoms with E-state index in [-0.39, 0.29) is 29.8 Å². The Bertz CT molecular complexity index is 755. The van der Waals surface area contributed by atoms with Crippen molar-refractivity contribution in [3.63, 3.8) is 0 Å². The monoisotopic (exact) mass is 558 g/mol. The maximum Gasteiger partial charge on any atom is 0.191 e. The van der Waals surface area contributed by atoms with Gasteiger partial charge in [-0.2, -0.15) is 0 Å². The molecule has 0 unspecified atom stereocenters. The molecule has 2 aliphatic heterocycles. The van der Waals surface area contributed by atoms with E-state index in [1.807, 2.05) is 12.1 Å². The summed E-state index contributed by atoms with van der Waals surface area (Å²) in [5, 5.41) is 6.86.